The van der Waals surface area contributed by atoms with E-state index in [1.807, 2.05) is 32.0 Å². The lowest BCUT2D eigenvalue weighted by atomic mass is 10.0. The van der Waals surface area contributed by atoms with Crippen LogP contribution in [0.5, 0.6) is 5.75 Å². The van der Waals surface area contributed by atoms with E-state index in [9.17, 15) is 4.79 Å². The minimum atomic E-state index is 0.0461. The SMILES string of the molecule is CCCOc1ccc(C)cc1C(=O)CCCl. The van der Waals surface area contributed by atoms with Crippen molar-refractivity contribution in [2.24, 2.45) is 0 Å². The highest BCUT2D eigenvalue weighted by Gasteiger charge is 2.12. The molecule has 0 spiro atoms. The molecule has 0 aliphatic heterocycles. The number of hydrogen-bond acceptors (Lipinski definition) is 2. The molecule has 1 rings (SSSR count). The molecule has 1 aromatic carbocycles. The largest absolute Gasteiger partial charge is 0.493 e. The molecule has 88 valence electrons. The van der Waals surface area contributed by atoms with Gasteiger partial charge in [-0.1, -0.05) is 18.6 Å². The van der Waals surface area contributed by atoms with Gasteiger partial charge < -0.3 is 4.74 Å². The van der Waals surface area contributed by atoms with E-state index in [4.69, 9.17) is 16.3 Å². The van der Waals surface area contributed by atoms with Gasteiger partial charge in [-0.05, 0) is 25.5 Å². The Morgan fingerprint density at radius 2 is 2.19 bits per heavy atom. The average Bonchev–Trinajstić information content (AvgIpc) is 2.27. The summed E-state index contributed by atoms with van der Waals surface area (Å²) in [5.74, 6) is 1.06. The van der Waals surface area contributed by atoms with Gasteiger partial charge in [-0.3, -0.25) is 4.79 Å². The van der Waals surface area contributed by atoms with Crippen LogP contribution in [0.1, 0.15) is 35.7 Å². The zero-order chi connectivity index (χ0) is 12.0. The molecule has 0 radical (unpaired) electrons. The van der Waals surface area contributed by atoms with Gasteiger partial charge in [-0.25, -0.2) is 0 Å². The molecule has 0 saturated carbocycles. The van der Waals surface area contributed by atoms with E-state index in [0.29, 0.717) is 30.2 Å². The third-order valence-corrected chi connectivity index (χ3v) is 2.41. The number of ketones is 1. The van der Waals surface area contributed by atoms with E-state index >= 15 is 0 Å². The van der Waals surface area contributed by atoms with Crippen molar-refractivity contribution in [2.75, 3.05) is 12.5 Å². The molecule has 0 heterocycles. The fourth-order valence-corrected chi connectivity index (χ4v) is 1.59. The molecule has 1 aromatic rings. The zero-order valence-corrected chi connectivity index (χ0v) is 10.5. The van der Waals surface area contributed by atoms with Crippen LogP contribution in [0.4, 0.5) is 0 Å². The fraction of sp³-hybridized carbons (Fsp3) is 0.462. The first-order chi connectivity index (χ1) is 7.69. The molecule has 3 heteroatoms. The van der Waals surface area contributed by atoms with Crippen molar-refractivity contribution in [1.29, 1.82) is 0 Å². The minimum absolute atomic E-state index is 0.0461. The number of rotatable bonds is 6. The van der Waals surface area contributed by atoms with E-state index in [1.54, 1.807) is 0 Å². The van der Waals surface area contributed by atoms with E-state index in [-0.39, 0.29) is 5.78 Å². The second-order valence-corrected chi connectivity index (χ2v) is 4.09. The Balaban J connectivity index is 2.93. The van der Waals surface area contributed by atoms with Gasteiger partial charge in [0, 0.05) is 12.3 Å². The number of alkyl halides is 1. The molecule has 0 bridgehead atoms. The molecule has 2 nitrogen and oxygen atoms in total. The van der Waals surface area contributed by atoms with Gasteiger partial charge in [0.05, 0.1) is 12.2 Å². The van der Waals surface area contributed by atoms with Crippen molar-refractivity contribution in [3.8, 4) is 5.75 Å². The van der Waals surface area contributed by atoms with Gasteiger partial charge in [0.25, 0.3) is 0 Å². The number of hydrogen-bond donors (Lipinski definition) is 0. The number of Topliss-reactive ketones (excluding diaryl/α,β-unsaturated/α-hetero) is 1. The maximum Gasteiger partial charge on any atom is 0.167 e. The molecule has 0 aliphatic carbocycles. The summed E-state index contributed by atoms with van der Waals surface area (Å²) in [5, 5.41) is 0. The summed E-state index contributed by atoms with van der Waals surface area (Å²) >= 11 is 5.58. The lowest BCUT2D eigenvalue weighted by Crippen LogP contribution is -2.05. The van der Waals surface area contributed by atoms with Crippen LogP contribution < -0.4 is 4.74 Å². The normalized spacial score (nSPS) is 10.2. The molecule has 0 unspecified atom stereocenters. The quantitative estimate of drug-likeness (QED) is 0.561. The summed E-state index contributed by atoms with van der Waals surface area (Å²) in [5.41, 5.74) is 1.70. The third kappa shape index (κ3) is 3.53. The van der Waals surface area contributed by atoms with E-state index in [1.165, 1.54) is 0 Å². The Morgan fingerprint density at radius 1 is 1.44 bits per heavy atom. The second kappa shape index (κ2) is 6.54. The topological polar surface area (TPSA) is 26.3 Å². The van der Waals surface area contributed by atoms with Crippen LogP contribution in [-0.2, 0) is 0 Å². The second-order valence-electron chi connectivity index (χ2n) is 3.71. The summed E-state index contributed by atoms with van der Waals surface area (Å²) in [6, 6.07) is 5.66. The molecule has 0 N–H and O–H groups in total. The summed E-state index contributed by atoms with van der Waals surface area (Å²) in [6.45, 7) is 4.62. The molecule has 0 amide bonds. The van der Waals surface area contributed by atoms with Crippen molar-refractivity contribution in [3.63, 3.8) is 0 Å². The number of carbonyl (C=O) groups excluding carboxylic acids is 1. The van der Waals surface area contributed by atoms with E-state index < -0.39 is 0 Å². The van der Waals surface area contributed by atoms with Crippen LogP contribution in [0, 0.1) is 6.92 Å². The molecular weight excluding hydrogens is 224 g/mol. The predicted molar refractivity (Wildman–Crippen MR) is 66.6 cm³/mol. The summed E-state index contributed by atoms with van der Waals surface area (Å²) in [4.78, 5) is 11.8. The zero-order valence-electron chi connectivity index (χ0n) is 9.75. The smallest absolute Gasteiger partial charge is 0.167 e. The van der Waals surface area contributed by atoms with E-state index in [2.05, 4.69) is 0 Å². The Morgan fingerprint density at radius 3 is 2.81 bits per heavy atom. The van der Waals surface area contributed by atoms with Gasteiger partial charge in [-0.2, -0.15) is 0 Å². The summed E-state index contributed by atoms with van der Waals surface area (Å²) < 4.78 is 5.54. The van der Waals surface area contributed by atoms with Crippen molar-refractivity contribution in [1.82, 2.24) is 0 Å². The molecular formula is C13H17ClO2. The van der Waals surface area contributed by atoms with Gasteiger partial charge in [0.1, 0.15) is 5.75 Å². The van der Waals surface area contributed by atoms with Crippen molar-refractivity contribution in [2.45, 2.75) is 26.7 Å². The van der Waals surface area contributed by atoms with Gasteiger partial charge in [-0.15, -0.1) is 11.6 Å². The maximum atomic E-state index is 11.8. The van der Waals surface area contributed by atoms with Crippen molar-refractivity contribution < 1.29 is 9.53 Å². The summed E-state index contributed by atoms with van der Waals surface area (Å²) in [6.07, 6.45) is 1.28. The molecule has 0 saturated heterocycles. The molecule has 0 aliphatic rings. The average molecular weight is 241 g/mol. The number of ether oxygens (including phenoxy) is 1. The van der Waals surface area contributed by atoms with Crippen LogP contribution in [0.2, 0.25) is 0 Å². The third-order valence-electron chi connectivity index (χ3n) is 2.22. The predicted octanol–water partition coefficient (Wildman–Crippen LogP) is 3.60. The maximum absolute atomic E-state index is 11.8. The fourth-order valence-electron chi connectivity index (χ4n) is 1.42. The Kier molecular flexibility index (Phi) is 5.33. The highest BCUT2D eigenvalue weighted by Crippen LogP contribution is 2.22. The monoisotopic (exact) mass is 240 g/mol. The van der Waals surface area contributed by atoms with Crippen LogP contribution in [0.3, 0.4) is 0 Å². The van der Waals surface area contributed by atoms with Gasteiger partial charge in [0.15, 0.2) is 5.78 Å². The Bertz CT molecular complexity index is 361. The van der Waals surface area contributed by atoms with E-state index in [0.717, 1.165) is 12.0 Å². The minimum Gasteiger partial charge on any atom is -0.493 e. The Hall–Kier alpha value is -1.02. The van der Waals surface area contributed by atoms with Crippen LogP contribution in [0.15, 0.2) is 18.2 Å². The highest BCUT2D eigenvalue weighted by atomic mass is 35.5. The first kappa shape index (κ1) is 13.0. The summed E-state index contributed by atoms with van der Waals surface area (Å²) in [7, 11) is 0. The molecule has 16 heavy (non-hydrogen) atoms. The van der Waals surface area contributed by atoms with Crippen molar-refractivity contribution >= 4 is 17.4 Å². The lowest BCUT2D eigenvalue weighted by Gasteiger charge is -2.10. The number of halogens is 1. The molecule has 0 fully saturated rings. The number of benzene rings is 1. The lowest BCUT2D eigenvalue weighted by molar-refractivity contribution is 0.0985. The Labute approximate surface area is 102 Å². The van der Waals surface area contributed by atoms with Crippen LogP contribution >= 0.6 is 11.6 Å². The number of carbonyl (C=O) groups is 1. The molecule has 0 atom stereocenters. The van der Waals surface area contributed by atoms with Gasteiger partial charge in [0.2, 0.25) is 0 Å². The van der Waals surface area contributed by atoms with Crippen LogP contribution in [-0.4, -0.2) is 18.3 Å². The van der Waals surface area contributed by atoms with Crippen molar-refractivity contribution in [3.05, 3.63) is 29.3 Å². The van der Waals surface area contributed by atoms with Gasteiger partial charge >= 0.3 is 0 Å². The highest BCUT2D eigenvalue weighted by molar-refractivity contribution is 6.19. The number of aryl methyl sites for hydroxylation is 1. The van der Waals surface area contributed by atoms with Crippen LogP contribution in [0.25, 0.3) is 0 Å². The first-order valence-electron chi connectivity index (χ1n) is 5.51. The first-order valence-corrected chi connectivity index (χ1v) is 6.05. The molecule has 0 aromatic heterocycles. The standard InChI is InChI=1S/C13H17ClO2/c1-3-8-16-13-5-4-10(2)9-11(13)12(15)6-7-14/h4-5,9H,3,6-8H2,1-2H3.